The van der Waals surface area contributed by atoms with Crippen molar-refractivity contribution in [3.8, 4) is 11.3 Å². The summed E-state index contributed by atoms with van der Waals surface area (Å²) in [6.45, 7) is 4.09. The number of nitrogens with zero attached hydrogens (tertiary/aromatic N) is 2. The van der Waals surface area contributed by atoms with Gasteiger partial charge in [-0.25, -0.2) is 4.98 Å². The maximum atomic E-state index is 11.8. The van der Waals surface area contributed by atoms with Crippen molar-refractivity contribution in [1.29, 1.82) is 0 Å². The third-order valence-electron chi connectivity index (χ3n) is 8.45. The molecule has 3 aliphatic carbocycles. The fourth-order valence-electron chi connectivity index (χ4n) is 6.35. The Kier molecular flexibility index (Phi) is 6.17. The smallest absolute Gasteiger partial charge is 0.309 e. The quantitative estimate of drug-likeness (QED) is 0.384. The zero-order valence-corrected chi connectivity index (χ0v) is 21.8. The van der Waals surface area contributed by atoms with E-state index in [0.29, 0.717) is 41.8 Å². The zero-order chi connectivity index (χ0) is 25.9. The van der Waals surface area contributed by atoms with Gasteiger partial charge in [-0.05, 0) is 75.8 Å². The van der Waals surface area contributed by atoms with Crippen LogP contribution in [-0.4, -0.2) is 32.4 Å². The van der Waals surface area contributed by atoms with Crippen LogP contribution in [0, 0.1) is 25.7 Å². The molecule has 2 unspecified atom stereocenters. The number of hydrogen-bond acceptors (Lipinski definition) is 7. The molecular weight excluding hydrogens is 496 g/mol. The molecule has 2 aromatic heterocycles. The van der Waals surface area contributed by atoms with Crippen LogP contribution in [0.25, 0.3) is 11.3 Å². The van der Waals surface area contributed by atoms with Crippen molar-refractivity contribution in [3.63, 3.8) is 0 Å². The lowest BCUT2D eigenvalue weighted by Crippen LogP contribution is -2.44. The molecule has 3 fully saturated rings. The van der Waals surface area contributed by atoms with Crippen molar-refractivity contribution in [3.05, 3.63) is 57.5 Å². The molecule has 9 heteroatoms. The van der Waals surface area contributed by atoms with E-state index in [2.05, 4.69) is 10.1 Å². The van der Waals surface area contributed by atoms with Crippen LogP contribution in [0.4, 0.5) is 0 Å². The maximum absolute atomic E-state index is 11.8. The summed E-state index contributed by atoms with van der Waals surface area (Å²) in [4.78, 5) is 15.6. The molecule has 0 amide bonds. The number of carbonyl (C=O) groups is 1. The van der Waals surface area contributed by atoms with Crippen LogP contribution < -0.4 is 0 Å². The monoisotopic (exact) mass is 526 g/mol. The maximum Gasteiger partial charge on any atom is 0.309 e. The van der Waals surface area contributed by atoms with Crippen molar-refractivity contribution in [2.45, 2.75) is 83.0 Å². The Morgan fingerprint density at radius 3 is 2.57 bits per heavy atom. The van der Waals surface area contributed by atoms with Gasteiger partial charge in [0, 0.05) is 17.0 Å². The zero-order valence-electron chi connectivity index (χ0n) is 21.0. The molecule has 0 spiro atoms. The van der Waals surface area contributed by atoms with E-state index < -0.39 is 11.6 Å². The van der Waals surface area contributed by atoms with E-state index in [-0.39, 0.29) is 30.3 Å². The van der Waals surface area contributed by atoms with E-state index in [1.54, 1.807) is 6.92 Å². The number of fused-ring (bicyclic) bond motifs is 2. The molecule has 0 saturated heterocycles. The number of carboxylic acid groups (broad SMARTS) is 1. The molecular formula is C28H31ClN2O6. The van der Waals surface area contributed by atoms with Crippen molar-refractivity contribution >= 4 is 17.6 Å². The average molecular weight is 527 g/mol. The summed E-state index contributed by atoms with van der Waals surface area (Å²) in [5.74, 6) is 0.866. The lowest BCUT2D eigenvalue weighted by molar-refractivity contribution is -0.136. The van der Waals surface area contributed by atoms with Crippen LogP contribution in [0.1, 0.15) is 78.7 Å². The Labute approximate surface area is 220 Å². The molecule has 196 valence electrons. The van der Waals surface area contributed by atoms with Gasteiger partial charge >= 0.3 is 5.97 Å². The van der Waals surface area contributed by atoms with Gasteiger partial charge in [0.05, 0.1) is 29.8 Å². The predicted molar refractivity (Wildman–Crippen MR) is 134 cm³/mol. The summed E-state index contributed by atoms with van der Waals surface area (Å²) in [5.41, 5.74) is 2.81. The third kappa shape index (κ3) is 4.29. The number of aromatic nitrogens is 2. The van der Waals surface area contributed by atoms with E-state index in [9.17, 15) is 9.90 Å². The van der Waals surface area contributed by atoms with Crippen molar-refractivity contribution in [2.24, 2.45) is 11.8 Å². The first-order valence-corrected chi connectivity index (χ1v) is 13.4. The second-order valence-electron chi connectivity index (χ2n) is 10.9. The average Bonchev–Trinajstić information content (AvgIpc) is 3.48. The molecule has 2 heterocycles. The molecule has 1 aromatic carbocycles. The molecule has 0 aliphatic heterocycles. The molecule has 0 radical (unpaired) electrons. The standard InChI is InChI=1S/C28H31ClN2O6/c1-14-4-3-5-21(29)24(14)25-20(26(37-31-25)16-6-7-16)13-35-19-10-17-8-9-18(11-19)28(17,34)27-30-22(12-23(32)33)15(2)36-27/h3-5,16-19,34H,6-13H2,1-2H3,(H,32,33)/t17-,18+,19?,28?. The number of benzene rings is 1. The number of hydrogen-bond donors (Lipinski definition) is 2. The normalized spacial score (nSPS) is 27.1. The van der Waals surface area contributed by atoms with Gasteiger partial charge in [0.1, 0.15) is 22.8 Å². The highest BCUT2D eigenvalue weighted by Crippen LogP contribution is 2.56. The molecule has 2 bridgehead atoms. The second-order valence-corrected chi connectivity index (χ2v) is 11.3. The van der Waals surface area contributed by atoms with Gasteiger partial charge in [0.15, 0.2) is 0 Å². The van der Waals surface area contributed by atoms with E-state index in [4.69, 9.17) is 30.4 Å². The topological polar surface area (TPSA) is 119 Å². The molecule has 8 nitrogen and oxygen atoms in total. The van der Waals surface area contributed by atoms with Crippen LogP contribution >= 0.6 is 11.6 Å². The molecule has 3 aliphatic rings. The van der Waals surface area contributed by atoms with E-state index in [0.717, 1.165) is 53.8 Å². The summed E-state index contributed by atoms with van der Waals surface area (Å²) >= 11 is 6.57. The summed E-state index contributed by atoms with van der Waals surface area (Å²) in [6.07, 6.45) is 4.96. The fraction of sp³-hybridized carbons (Fsp3) is 0.536. The Morgan fingerprint density at radius 2 is 1.92 bits per heavy atom. The Hall–Kier alpha value is -2.68. The highest BCUT2D eigenvalue weighted by atomic mass is 35.5. The number of aryl methyl sites for hydroxylation is 2. The van der Waals surface area contributed by atoms with E-state index in [1.165, 1.54) is 0 Å². The molecule has 4 atom stereocenters. The number of aliphatic hydroxyl groups is 1. The molecule has 3 saturated carbocycles. The summed E-state index contributed by atoms with van der Waals surface area (Å²) in [6, 6.07) is 5.81. The highest BCUT2D eigenvalue weighted by molar-refractivity contribution is 6.33. The fourth-order valence-corrected chi connectivity index (χ4v) is 6.66. The number of carboxylic acids is 1. The van der Waals surface area contributed by atoms with E-state index in [1.807, 2.05) is 25.1 Å². The van der Waals surface area contributed by atoms with Gasteiger partial charge in [-0.15, -0.1) is 0 Å². The van der Waals surface area contributed by atoms with Gasteiger partial charge in [-0.1, -0.05) is 28.9 Å². The van der Waals surface area contributed by atoms with Crippen LogP contribution in [0.2, 0.25) is 5.02 Å². The Morgan fingerprint density at radius 1 is 1.19 bits per heavy atom. The first-order valence-electron chi connectivity index (χ1n) is 13.0. The van der Waals surface area contributed by atoms with Crippen LogP contribution in [0.15, 0.2) is 27.1 Å². The van der Waals surface area contributed by atoms with Crippen molar-refractivity contribution in [1.82, 2.24) is 10.1 Å². The molecule has 6 rings (SSSR count). The number of ether oxygens (including phenoxy) is 1. The molecule has 3 aromatic rings. The Bertz CT molecular complexity index is 1310. The van der Waals surface area contributed by atoms with Gasteiger partial charge in [-0.3, -0.25) is 4.79 Å². The Balaban J connectivity index is 1.21. The number of oxazole rings is 1. The number of rotatable bonds is 8. The van der Waals surface area contributed by atoms with Crippen LogP contribution in [-0.2, 0) is 28.2 Å². The minimum absolute atomic E-state index is 0.0329. The van der Waals surface area contributed by atoms with Crippen LogP contribution in [0.5, 0.6) is 0 Å². The van der Waals surface area contributed by atoms with E-state index >= 15 is 0 Å². The minimum Gasteiger partial charge on any atom is -0.481 e. The number of aliphatic carboxylic acids is 1. The largest absolute Gasteiger partial charge is 0.481 e. The van der Waals surface area contributed by atoms with Crippen LogP contribution in [0.3, 0.4) is 0 Å². The highest BCUT2D eigenvalue weighted by Gasteiger charge is 2.57. The lowest BCUT2D eigenvalue weighted by Gasteiger charge is -2.40. The van der Waals surface area contributed by atoms with Gasteiger partial charge in [0.25, 0.3) is 0 Å². The summed E-state index contributed by atoms with van der Waals surface area (Å²) < 4.78 is 18.1. The second kappa shape index (κ2) is 9.26. The van der Waals surface area contributed by atoms with Gasteiger partial charge < -0.3 is 23.9 Å². The third-order valence-corrected chi connectivity index (χ3v) is 8.76. The van der Waals surface area contributed by atoms with Crippen molar-refractivity contribution < 1.29 is 28.7 Å². The van der Waals surface area contributed by atoms with Gasteiger partial charge in [-0.2, -0.15) is 0 Å². The number of halogens is 1. The predicted octanol–water partition coefficient (Wildman–Crippen LogP) is 5.70. The summed E-state index contributed by atoms with van der Waals surface area (Å²) in [7, 11) is 0. The minimum atomic E-state index is -1.20. The summed E-state index contributed by atoms with van der Waals surface area (Å²) in [5, 5.41) is 26.0. The first kappa shape index (κ1) is 24.6. The molecule has 2 N–H and O–H groups in total. The SMILES string of the molecule is Cc1cccc(Cl)c1-c1noc(C2CC2)c1COC1C[C@H]2CC[C@@H](C1)C2(O)c1nc(CC(=O)O)c(C)o1. The van der Waals surface area contributed by atoms with Crippen molar-refractivity contribution in [2.75, 3.05) is 0 Å². The molecule has 37 heavy (non-hydrogen) atoms. The van der Waals surface area contributed by atoms with Gasteiger partial charge in [0.2, 0.25) is 5.89 Å². The first-order chi connectivity index (χ1) is 17.8. The lowest BCUT2D eigenvalue weighted by atomic mass is 9.73.